The Kier molecular flexibility index (Phi) is 4.96. The maximum atomic E-state index is 13.2. The number of carbonyl (C=O) groups is 1. The number of aryl methyl sites for hydroxylation is 1. The van der Waals surface area contributed by atoms with Crippen molar-refractivity contribution in [3.8, 4) is 11.5 Å². The highest BCUT2D eigenvalue weighted by Gasteiger charge is 2.33. The van der Waals surface area contributed by atoms with Crippen LogP contribution in [0.15, 0.2) is 72.6 Å². The second-order valence-corrected chi connectivity index (χ2v) is 8.77. The number of rotatable bonds is 4. The molecule has 3 aromatic carbocycles. The molecule has 0 aliphatic carbocycles. The van der Waals surface area contributed by atoms with E-state index in [0.717, 1.165) is 46.3 Å². The normalized spacial score (nSPS) is 16.4. The van der Waals surface area contributed by atoms with Gasteiger partial charge in [0.25, 0.3) is 0 Å². The third-order valence-electron chi connectivity index (χ3n) is 6.53. The Labute approximate surface area is 196 Å². The van der Waals surface area contributed by atoms with Gasteiger partial charge in [-0.15, -0.1) is 0 Å². The summed E-state index contributed by atoms with van der Waals surface area (Å²) in [6.45, 7) is 1.83. The highest BCUT2D eigenvalue weighted by atomic mass is 19.1. The zero-order chi connectivity index (χ0) is 23.2. The minimum absolute atomic E-state index is 0.117. The number of allylic oxidation sites excluding steroid dienone is 1. The number of Topliss-reactive ketones (excluding diaryl/α,β-unsaturated/α-hetero) is 1. The molecular weight excluding hydrogens is 431 g/mol. The minimum Gasteiger partial charge on any atom is -0.478 e. The molecule has 2 aliphatic heterocycles. The summed E-state index contributed by atoms with van der Waals surface area (Å²) in [4.78, 5) is 15.3. The van der Waals surface area contributed by atoms with Crippen molar-refractivity contribution in [2.75, 3.05) is 13.3 Å². The number of nitrogens with zero attached hydrogens (tertiary/aromatic N) is 2. The molecule has 0 fully saturated rings. The SMILES string of the molecule is Cn1cc(/C=C2\Oc3c(ccc4c3CN(CCc3ccc(F)cc3)CO4)C2=O)c2ccccc21. The van der Waals surface area contributed by atoms with E-state index in [1.165, 1.54) is 12.1 Å². The Balaban J connectivity index is 1.26. The number of ether oxygens (including phenoxy) is 2. The first-order valence-electron chi connectivity index (χ1n) is 11.3. The molecule has 6 heteroatoms. The number of aromatic nitrogens is 1. The number of halogens is 1. The molecular formula is C28H23FN2O3. The van der Waals surface area contributed by atoms with E-state index in [9.17, 15) is 9.18 Å². The van der Waals surface area contributed by atoms with Crippen LogP contribution in [0.1, 0.15) is 27.0 Å². The van der Waals surface area contributed by atoms with E-state index in [0.29, 0.717) is 30.3 Å². The van der Waals surface area contributed by atoms with E-state index in [-0.39, 0.29) is 11.6 Å². The molecule has 34 heavy (non-hydrogen) atoms. The lowest BCUT2D eigenvalue weighted by Gasteiger charge is -2.29. The van der Waals surface area contributed by atoms with Crippen LogP contribution in [0.5, 0.6) is 11.5 Å². The van der Waals surface area contributed by atoms with Crippen LogP contribution in [-0.4, -0.2) is 28.5 Å². The van der Waals surface area contributed by atoms with E-state index in [4.69, 9.17) is 9.47 Å². The van der Waals surface area contributed by atoms with Crippen molar-refractivity contribution in [1.82, 2.24) is 9.47 Å². The summed E-state index contributed by atoms with van der Waals surface area (Å²) in [6, 6.07) is 18.3. The molecule has 0 N–H and O–H groups in total. The van der Waals surface area contributed by atoms with Gasteiger partial charge < -0.3 is 14.0 Å². The molecule has 3 heterocycles. The lowest BCUT2D eigenvalue weighted by atomic mass is 10.0. The fourth-order valence-electron chi connectivity index (χ4n) is 4.72. The van der Waals surface area contributed by atoms with Crippen LogP contribution in [-0.2, 0) is 20.0 Å². The molecule has 0 radical (unpaired) electrons. The van der Waals surface area contributed by atoms with Crippen LogP contribution in [0.2, 0.25) is 0 Å². The molecule has 0 amide bonds. The van der Waals surface area contributed by atoms with Gasteiger partial charge >= 0.3 is 0 Å². The summed E-state index contributed by atoms with van der Waals surface area (Å²) in [5.74, 6) is 1.30. The number of para-hydroxylation sites is 1. The summed E-state index contributed by atoms with van der Waals surface area (Å²) < 4.78 is 27.3. The molecule has 0 saturated heterocycles. The molecule has 0 unspecified atom stereocenters. The molecule has 0 atom stereocenters. The second-order valence-electron chi connectivity index (χ2n) is 8.77. The predicted molar refractivity (Wildman–Crippen MR) is 128 cm³/mol. The van der Waals surface area contributed by atoms with Crippen LogP contribution in [0.3, 0.4) is 0 Å². The zero-order valence-corrected chi connectivity index (χ0v) is 18.8. The molecule has 2 aliphatic rings. The van der Waals surface area contributed by atoms with Crippen LogP contribution in [0, 0.1) is 5.82 Å². The Bertz CT molecular complexity index is 1450. The number of hydrogen-bond donors (Lipinski definition) is 0. The quantitative estimate of drug-likeness (QED) is 0.391. The summed E-state index contributed by atoms with van der Waals surface area (Å²) in [5.41, 5.74) is 4.56. The van der Waals surface area contributed by atoms with Gasteiger partial charge in [-0.1, -0.05) is 30.3 Å². The van der Waals surface area contributed by atoms with Gasteiger partial charge in [0.15, 0.2) is 5.76 Å². The maximum absolute atomic E-state index is 13.2. The Morgan fingerprint density at radius 1 is 1.06 bits per heavy atom. The predicted octanol–water partition coefficient (Wildman–Crippen LogP) is 5.33. The molecule has 1 aromatic heterocycles. The summed E-state index contributed by atoms with van der Waals surface area (Å²) >= 11 is 0. The minimum atomic E-state index is -0.233. The average molecular weight is 455 g/mol. The molecule has 0 saturated carbocycles. The first kappa shape index (κ1) is 20.7. The van der Waals surface area contributed by atoms with Gasteiger partial charge in [0, 0.05) is 42.8 Å². The number of fused-ring (bicyclic) bond motifs is 4. The van der Waals surface area contributed by atoms with Crippen LogP contribution in [0.4, 0.5) is 4.39 Å². The highest BCUT2D eigenvalue weighted by molar-refractivity contribution is 6.15. The Morgan fingerprint density at radius 2 is 1.88 bits per heavy atom. The van der Waals surface area contributed by atoms with E-state index in [2.05, 4.69) is 11.0 Å². The summed E-state index contributed by atoms with van der Waals surface area (Å²) in [7, 11) is 1.99. The van der Waals surface area contributed by atoms with Gasteiger partial charge in [0.05, 0.1) is 11.1 Å². The summed E-state index contributed by atoms with van der Waals surface area (Å²) in [5, 5.41) is 1.07. The number of benzene rings is 3. The standard InChI is InChI=1S/C28H23FN2O3/c1-30-15-19(21-4-2-3-5-24(21)30)14-26-27(32)22-10-11-25-23(28(22)34-26)16-31(17-33-25)13-12-18-6-8-20(29)9-7-18/h2-11,14-15H,12-13,16-17H2,1H3/b26-14-. The van der Waals surface area contributed by atoms with Crippen LogP contribution < -0.4 is 9.47 Å². The van der Waals surface area contributed by atoms with Gasteiger partial charge in [-0.05, 0) is 48.4 Å². The largest absolute Gasteiger partial charge is 0.478 e. The molecule has 0 spiro atoms. The van der Waals surface area contributed by atoms with Gasteiger partial charge in [0.2, 0.25) is 5.78 Å². The van der Waals surface area contributed by atoms with E-state index in [1.807, 2.05) is 48.2 Å². The number of hydrogen-bond acceptors (Lipinski definition) is 4. The van der Waals surface area contributed by atoms with Gasteiger partial charge in [-0.25, -0.2) is 4.39 Å². The third-order valence-corrected chi connectivity index (χ3v) is 6.53. The van der Waals surface area contributed by atoms with E-state index >= 15 is 0 Å². The smallest absolute Gasteiger partial charge is 0.231 e. The van der Waals surface area contributed by atoms with Crippen molar-refractivity contribution in [3.63, 3.8) is 0 Å². The monoisotopic (exact) mass is 454 g/mol. The van der Waals surface area contributed by atoms with Crippen molar-refractivity contribution in [3.05, 3.63) is 101 Å². The first-order chi connectivity index (χ1) is 16.6. The van der Waals surface area contributed by atoms with E-state index < -0.39 is 0 Å². The third kappa shape index (κ3) is 3.56. The van der Waals surface area contributed by atoms with Crippen molar-refractivity contribution in [2.45, 2.75) is 13.0 Å². The fraction of sp³-hybridized carbons (Fsp3) is 0.179. The molecule has 5 nitrogen and oxygen atoms in total. The van der Waals surface area contributed by atoms with Crippen LogP contribution >= 0.6 is 0 Å². The first-order valence-corrected chi connectivity index (χ1v) is 11.3. The Hall–Kier alpha value is -3.90. The lowest BCUT2D eigenvalue weighted by molar-refractivity contribution is 0.0949. The van der Waals surface area contributed by atoms with Crippen molar-refractivity contribution in [1.29, 1.82) is 0 Å². The van der Waals surface area contributed by atoms with Gasteiger partial charge in [0.1, 0.15) is 24.0 Å². The summed E-state index contributed by atoms with van der Waals surface area (Å²) in [6.07, 6.45) is 4.61. The fourth-order valence-corrected chi connectivity index (χ4v) is 4.72. The number of carbonyl (C=O) groups excluding carboxylic acids is 1. The van der Waals surface area contributed by atoms with E-state index in [1.54, 1.807) is 18.2 Å². The van der Waals surface area contributed by atoms with Gasteiger partial charge in [-0.2, -0.15) is 0 Å². The highest BCUT2D eigenvalue weighted by Crippen LogP contribution is 2.42. The maximum Gasteiger partial charge on any atom is 0.231 e. The Morgan fingerprint density at radius 3 is 2.74 bits per heavy atom. The van der Waals surface area contributed by atoms with Crippen molar-refractivity contribution in [2.24, 2.45) is 7.05 Å². The molecule has 6 rings (SSSR count). The van der Waals surface area contributed by atoms with Crippen LogP contribution in [0.25, 0.3) is 17.0 Å². The lowest BCUT2D eigenvalue weighted by Crippen LogP contribution is -2.33. The molecule has 4 aromatic rings. The topological polar surface area (TPSA) is 43.7 Å². The molecule has 170 valence electrons. The number of ketones is 1. The second kappa shape index (κ2) is 8.15. The van der Waals surface area contributed by atoms with Crippen molar-refractivity contribution < 1.29 is 18.7 Å². The molecule has 0 bridgehead atoms. The zero-order valence-electron chi connectivity index (χ0n) is 18.8. The van der Waals surface area contributed by atoms with Gasteiger partial charge in [-0.3, -0.25) is 9.69 Å². The average Bonchev–Trinajstić information content (AvgIpc) is 3.35. The van der Waals surface area contributed by atoms with Crippen molar-refractivity contribution >= 4 is 22.8 Å².